The zero-order chi connectivity index (χ0) is 19.1. The fraction of sp³-hybridized carbons (Fsp3) is 0.941. The molecule has 0 aromatic carbocycles. The molecule has 1 heterocycles. The summed E-state index contributed by atoms with van der Waals surface area (Å²) < 4.78 is 5.90. The summed E-state index contributed by atoms with van der Waals surface area (Å²) in [4.78, 5) is 3.76. The van der Waals surface area contributed by atoms with E-state index in [0.717, 1.165) is 19.6 Å². The van der Waals surface area contributed by atoms with E-state index in [2.05, 4.69) is 15.5 Å². The highest BCUT2D eigenvalue weighted by molar-refractivity contribution is 5.01. The van der Waals surface area contributed by atoms with Crippen LogP contribution in [0.5, 0.6) is 0 Å². The van der Waals surface area contributed by atoms with Gasteiger partial charge in [0, 0.05) is 32.7 Å². The van der Waals surface area contributed by atoms with Crippen LogP contribution in [0.2, 0.25) is 0 Å². The summed E-state index contributed by atoms with van der Waals surface area (Å²) in [6.07, 6.45) is 0.156. The number of hydroxylamine groups is 2. The number of piperidine rings is 1. The number of aliphatic hydroxyl groups excluding tert-OH is 1. The first-order chi connectivity index (χ1) is 11.6. The van der Waals surface area contributed by atoms with Crippen LogP contribution in [0.25, 0.3) is 4.85 Å². The largest absolute Gasteiger partial charge is 0.389 e. The lowest BCUT2D eigenvalue weighted by Crippen LogP contribution is -3.25. The second-order valence-electron chi connectivity index (χ2n) is 8.24. The monoisotopic (exact) mass is 358 g/mol. The third-order valence-electron chi connectivity index (χ3n) is 4.65. The number of nitrogens with zero attached hydrogens (tertiary/aromatic N) is 1. The van der Waals surface area contributed by atoms with Gasteiger partial charge in [0.1, 0.15) is 23.9 Å². The lowest BCUT2D eigenvalue weighted by molar-refractivity contribution is -1.16. The predicted molar refractivity (Wildman–Crippen MR) is 96.2 cm³/mol. The summed E-state index contributed by atoms with van der Waals surface area (Å²) >= 11 is 0. The third kappa shape index (κ3) is 6.46. The van der Waals surface area contributed by atoms with Crippen molar-refractivity contribution in [1.29, 1.82) is 0 Å². The quantitative estimate of drug-likeness (QED) is 0.215. The zero-order valence-electron chi connectivity index (χ0n) is 16.1. The molecule has 1 aliphatic heterocycles. The van der Waals surface area contributed by atoms with Crippen LogP contribution in [-0.2, 0) is 4.74 Å². The normalized spacial score (nSPS) is 29.1. The fourth-order valence-corrected chi connectivity index (χ4v) is 3.72. The highest BCUT2D eigenvalue weighted by Crippen LogP contribution is 2.36. The maximum atomic E-state index is 10.5. The van der Waals surface area contributed by atoms with Gasteiger partial charge in [0.05, 0.1) is 12.7 Å². The van der Waals surface area contributed by atoms with E-state index in [0.29, 0.717) is 31.0 Å². The molecular formula is C17H36N5O3+. The Labute approximate surface area is 151 Å². The number of quaternary nitrogens is 1. The van der Waals surface area contributed by atoms with Crippen LogP contribution in [-0.4, -0.2) is 72.6 Å². The topological polar surface area (TPSA) is 109 Å². The average molecular weight is 359 g/mol. The lowest BCUT2D eigenvalue weighted by atomic mass is 9.77. The maximum Gasteiger partial charge on any atom is 0.349 e. The van der Waals surface area contributed by atoms with Gasteiger partial charge >= 0.3 is 5.72 Å². The number of hydrogen-bond donors (Lipinski definition) is 6. The number of nitrogens with one attached hydrogen (secondary N) is 3. The van der Waals surface area contributed by atoms with Gasteiger partial charge in [-0.05, 0) is 27.7 Å². The Balaban J connectivity index is 2.49. The molecule has 8 nitrogen and oxygen atoms in total. The second kappa shape index (κ2) is 9.24. The minimum absolute atomic E-state index is 0.0958. The molecule has 1 aliphatic rings. The summed E-state index contributed by atoms with van der Waals surface area (Å²) in [5, 5.41) is 27.3. The minimum atomic E-state index is -1.01. The molecule has 1 rings (SSSR count). The number of rotatable bonds is 10. The smallest absolute Gasteiger partial charge is 0.349 e. The van der Waals surface area contributed by atoms with Crippen molar-refractivity contribution in [2.45, 2.75) is 63.4 Å². The van der Waals surface area contributed by atoms with Gasteiger partial charge in [0.15, 0.2) is 0 Å². The summed E-state index contributed by atoms with van der Waals surface area (Å²) in [5.41, 5.74) is 3.39. The van der Waals surface area contributed by atoms with Gasteiger partial charge in [-0.15, -0.1) is 0 Å². The van der Waals surface area contributed by atoms with Crippen molar-refractivity contribution in [2.24, 2.45) is 5.73 Å². The fourth-order valence-electron chi connectivity index (χ4n) is 3.72. The first kappa shape index (κ1) is 22.3. The Morgan fingerprint density at radius 2 is 1.72 bits per heavy atom. The number of nitrogens with two attached hydrogens (primary N) is 1. The van der Waals surface area contributed by atoms with Crippen LogP contribution >= 0.6 is 0 Å². The van der Waals surface area contributed by atoms with E-state index >= 15 is 0 Å². The Kier molecular flexibility index (Phi) is 8.22. The highest BCUT2D eigenvalue weighted by Gasteiger charge is 2.61. The standard InChI is InChI=1S/C17H35N5O3/c1-15(2)12-17(19-5,13-16(3,4)22(15)24)25-11-14(23)10-21-9-8-20-7-6-18/h14,20-21,23-24H,6-13,18H2,1-4H3/p+1. The molecular weight excluding hydrogens is 322 g/mol. The molecule has 0 amide bonds. The van der Waals surface area contributed by atoms with Crippen molar-refractivity contribution < 1.29 is 20.1 Å². The molecule has 0 spiro atoms. The van der Waals surface area contributed by atoms with Gasteiger partial charge in [-0.25, -0.2) is 11.8 Å². The summed E-state index contributed by atoms with van der Waals surface area (Å²) in [6, 6.07) is 0. The van der Waals surface area contributed by atoms with Crippen molar-refractivity contribution >= 4 is 0 Å². The Hall–Kier alpha value is -0.790. The van der Waals surface area contributed by atoms with Crippen LogP contribution in [0.1, 0.15) is 40.5 Å². The van der Waals surface area contributed by atoms with Gasteiger partial charge in [-0.1, -0.05) is 0 Å². The molecule has 0 saturated carbocycles. The maximum absolute atomic E-state index is 10.5. The molecule has 8 heteroatoms. The van der Waals surface area contributed by atoms with Crippen LogP contribution < -0.4 is 21.4 Å². The van der Waals surface area contributed by atoms with Gasteiger partial charge < -0.3 is 26.2 Å². The van der Waals surface area contributed by atoms with Crippen molar-refractivity contribution in [3.05, 3.63) is 11.4 Å². The molecule has 0 aliphatic carbocycles. The van der Waals surface area contributed by atoms with Crippen LogP contribution in [0.4, 0.5) is 0 Å². The SMILES string of the molecule is [C-]#[N+]C1(OCC(O)CNCCNCCN)CC(C)(C)[NH+](O)C(C)(C)C1. The molecule has 7 N–H and O–H groups in total. The molecule has 146 valence electrons. The van der Waals surface area contributed by atoms with E-state index < -0.39 is 22.9 Å². The summed E-state index contributed by atoms with van der Waals surface area (Å²) in [5.74, 6) is 0. The number of ether oxygens (including phenoxy) is 1. The molecule has 1 fully saturated rings. The van der Waals surface area contributed by atoms with E-state index in [9.17, 15) is 10.3 Å². The zero-order valence-corrected chi connectivity index (χ0v) is 16.1. The first-order valence-electron chi connectivity index (χ1n) is 8.97. The molecule has 1 unspecified atom stereocenters. The van der Waals surface area contributed by atoms with Crippen LogP contribution in [0.3, 0.4) is 0 Å². The van der Waals surface area contributed by atoms with Gasteiger partial charge in [-0.3, -0.25) is 4.85 Å². The van der Waals surface area contributed by atoms with E-state index in [1.807, 2.05) is 27.7 Å². The van der Waals surface area contributed by atoms with E-state index in [1.54, 1.807) is 0 Å². The van der Waals surface area contributed by atoms with E-state index in [4.69, 9.17) is 17.0 Å². The van der Waals surface area contributed by atoms with Crippen LogP contribution in [0.15, 0.2) is 0 Å². The van der Waals surface area contributed by atoms with Crippen molar-refractivity contribution in [3.8, 4) is 0 Å². The number of hydrogen-bond acceptors (Lipinski definition) is 6. The minimum Gasteiger partial charge on any atom is -0.389 e. The lowest BCUT2D eigenvalue weighted by Gasteiger charge is -2.47. The molecule has 0 radical (unpaired) electrons. The van der Waals surface area contributed by atoms with Crippen molar-refractivity contribution in [3.63, 3.8) is 0 Å². The van der Waals surface area contributed by atoms with Gasteiger partial charge in [0.25, 0.3) is 0 Å². The molecule has 0 bridgehead atoms. The van der Waals surface area contributed by atoms with E-state index in [1.165, 1.54) is 0 Å². The van der Waals surface area contributed by atoms with E-state index in [-0.39, 0.29) is 6.61 Å². The molecule has 1 saturated heterocycles. The van der Waals surface area contributed by atoms with Crippen LogP contribution in [0, 0.1) is 6.57 Å². The highest BCUT2D eigenvalue weighted by atomic mass is 16.5. The van der Waals surface area contributed by atoms with Crippen molar-refractivity contribution in [2.75, 3.05) is 39.3 Å². The Morgan fingerprint density at radius 1 is 1.16 bits per heavy atom. The Bertz CT molecular complexity index is 432. The summed E-state index contributed by atoms with van der Waals surface area (Å²) in [6.45, 7) is 18.7. The third-order valence-corrected chi connectivity index (χ3v) is 4.65. The second-order valence-corrected chi connectivity index (χ2v) is 8.24. The first-order valence-corrected chi connectivity index (χ1v) is 8.97. The number of aliphatic hydroxyl groups is 1. The molecule has 25 heavy (non-hydrogen) atoms. The average Bonchev–Trinajstić information content (AvgIpc) is 2.53. The summed E-state index contributed by atoms with van der Waals surface area (Å²) in [7, 11) is 0. The predicted octanol–water partition coefficient (Wildman–Crippen LogP) is -1.26. The molecule has 0 aromatic heterocycles. The Morgan fingerprint density at radius 3 is 2.24 bits per heavy atom. The molecule has 1 atom stereocenters. The van der Waals surface area contributed by atoms with Crippen molar-refractivity contribution in [1.82, 2.24) is 10.6 Å². The van der Waals surface area contributed by atoms with Gasteiger partial charge in [-0.2, -0.15) is 5.06 Å². The molecule has 0 aromatic rings. The van der Waals surface area contributed by atoms with Gasteiger partial charge in [0.2, 0.25) is 0 Å².